The SMILES string of the molecule is CCOC(=O)C1=C(C)NC(=S)N[C@H]1c1ccccc1OCC(=O)NN=Cc1c(OCc2ccccc2F)ccc2ccccc12. The van der Waals surface area contributed by atoms with Gasteiger partial charge in [0.15, 0.2) is 11.7 Å². The number of benzene rings is 4. The second-order valence-corrected chi connectivity index (χ2v) is 10.4. The van der Waals surface area contributed by atoms with Gasteiger partial charge in [-0.15, -0.1) is 0 Å². The number of rotatable bonds is 11. The minimum absolute atomic E-state index is 0.0225. The summed E-state index contributed by atoms with van der Waals surface area (Å²) in [5.74, 6) is -0.500. The van der Waals surface area contributed by atoms with Gasteiger partial charge in [0.05, 0.1) is 24.4 Å². The first-order valence-corrected chi connectivity index (χ1v) is 14.6. The fraction of sp³-hybridized carbons (Fsp3) is 0.176. The van der Waals surface area contributed by atoms with Crippen molar-refractivity contribution in [3.05, 3.63) is 119 Å². The molecule has 11 heteroatoms. The quantitative estimate of drug-likeness (QED) is 0.0874. The van der Waals surface area contributed by atoms with E-state index in [0.29, 0.717) is 44.6 Å². The molecule has 3 N–H and O–H groups in total. The van der Waals surface area contributed by atoms with Crippen LogP contribution < -0.4 is 25.5 Å². The number of halogens is 1. The summed E-state index contributed by atoms with van der Waals surface area (Å²) in [6.45, 7) is 3.36. The Morgan fingerprint density at radius 3 is 2.56 bits per heavy atom. The molecule has 0 bridgehead atoms. The van der Waals surface area contributed by atoms with Crippen LogP contribution in [0.1, 0.15) is 36.6 Å². The summed E-state index contributed by atoms with van der Waals surface area (Å²) >= 11 is 5.33. The van der Waals surface area contributed by atoms with E-state index >= 15 is 0 Å². The highest BCUT2D eigenvalue weighted by Gasteiger charge is 2.32. The molecule has 4 aromatic rings. The van der Waals surface area contributed by atoms with Gasteiger partial charge >= 0.3 is 5.97 Å². The molecule has 1 amide bonds. The van der Waals surface area contributed by atoms with Gasteiger partial charge in [-0.1, -0.05) is 66.7 Å². The molecule has 0 spiro atoms. The van der Waals surface area contributed by atoms with Gasteiger partial charge in [0.2, 0.25) is 0 Å². The number of para-hydroxylation sites is 1. The molecule has 0 aliphatic carbocycles. The van der Waals surface area contributed by atoms with E-state index in [-0.39, 0.29) is 25.6 Å². The smallest absolute Gasteiger partial charge is 0.338 e. The van der Waals surface area contributed by atoms with Crippen LogP contribution in [0.4, 0.5) is 4.39 Å². The first kappa shape index (κ1) is 31.1. The highest BCUT2D eigenvalue weighted by Crippen LogP contribution is 2.33. The number of esters is 1. The van der Waals surface area contributed by atoms with Crippen LogP contribution in [0.2, 0.25) is 0 Å². The summed E-state index contributed by atoms with van der Waals surface area (Å²) in [7, 11) is 0. The Hall–Kier alpha value is -5.29. The highest BCUT2D eigenvalue weighted by atomic mass is 32.1. The Kier molecular flexibility index (Phi) is 10.0. The van der Waals surface area contributed by atoms with E-state index in [2.05, 4.69) is 21.2 Å². The molecule has 1 atom stereocenters. The number of amides is 1. The van der Waals surface area contributed by atoms with Gasteiger partial charge in [-0.25, -0.2) is 14.6 Å². The Morgan fingerprint density at radius 1 is 0.978 bits per heavy atom. The number of hydrogen-bond donors (Lipinski definition) is 3. The molecule has 0 saturated heterocycles. The summed E-state index contributed by atoms with van der Waals surface area (Å²) in [5, 5.41) is 12.4. The number of hydrogen-bond acceptors (Lipinski definition) is 7. The predicted molar refractivity (Wildman–Crippen MR) is 173 cm³/mol. The lowest BCUT2D eigenvalue weighted by atomic mass is 9.95. The first-order chi connectivity index (χ1) is 21.9. The monoisotopic (exact) mass is 626 g/mol. The Morgan fingerprint density at radius 2 is 1.73 bits per heavy atom. The first-order valence-electron chi connectivity index (χ1n) is 14.2. The third-order valence-electron chi connectivity index (χ3n) is 7.01. The lowest BCUT2D eigenvalue weighted by molar-refractivity contribution is -0.139. The van der Waals surface area contributed by atoms with E-state index in [1.54, 1.807) is 62.4 Å². The number of carbonyl (C=O) groups excluding carboxylic acids is 2. The minimum atomic E-state index is -0.649. The van der Waals surface area contributed by atoms with Crippen LogP contribution >= 0.6 is 12.2 Å². The van der Waals surface area contributed by atoms with E-state index < -0.39 is 17.9 Å². The van der Waals surface area contributed by atoms with Crippen molar-refractivity contribution in [1.29, 1.82) is 0 Å². The molecule has 0 aromatic heterocycles. The number of nitrogens with one attached hydrogen (secondary N) is 3. The molecule has 1 aliphatic heterocycles. The summed E-state index contributed by atoms with van der Waals surface area (Å²) in [5.41, 5.74) is 5.06. The topological polar surface area (TPSA) is 110 Å². The van der Waals surface area contributed by atoms with Crippen molar-refractivity contribution < 1.29 is 28.2 Å². The van der Waals surface area contributed by atoms with Crippen LogP contribution in [0.5, 0.6) is 11.5 Å². The largest absolute Gasteiger partial charge is 0.488 e. The van der Waals surface area contributed by atoms with Crippen molar-refractivity contribution in [2.45, 2.75) is 26.5 Å². The van der Waals surface area contributed by atoms with Crippen LogP contribution in [-0.4, -0.2) is 36.4 Å². The zero-order valence-electron chi connectivity index (χ0n) is 24.6. The van der Waals surface area contributed by atoms with Gasteiger partial charge in [0.25, 0.3) is 5.91 Å². The molecule has 0 fully saturated rings. The summed E-state index contributed by atoms with van der Waals surface area (Å²) in [4.78, 5) is 25.6. The molecular weight excluding hydrogens is 595 g/mol. The molecule has 0 unspecified atom stereocenters. The van der Waals surface area contributed by atoms with Crippen molar-refractivity contribution in [3.63, 3.8) is 0 Å². The zero-order valence-corrected chi connectivity index (χ0v) is 25.5. The summed E-state index contributed by atoms with van der Waals surface area (Å²) in [6.07, 6.45) is 1.49. The molecule has 0 saturated carbocycles. The standard InChI is InChI=1S/C34H31FN4O5S/c1-3-42-33(41)31-21(2)37-34(45)38-32(31)25-13-7-9-15-28(25)44-20-30(40)39-36-18-26-24-12-6-4-10-22(24)16-17-29(26)43-19-23-11-5-8-14-27(23)35/h4-18,32H,3,19-20H2,1-2H3,(H,39,40)(H2,37,38,45)/t32-/m0/s1. The third kappa shape index (κ3) is 7.44. The molecule has 5 rings (SSSR count). The van der Waals surface area contributed by atoms with E-state index in [1.807, 2.05) is 30.3 Å². The van der Waals surface area contributed by atoms with Gasteiger partial charge in [0, 0.05) is 22.4 Å². The maximum Gasteiger partial charge on any atom is 0.338 e. The Balaban J connectivity index is 1.30. The summed E-state index contributed by atoms with van der Waals surface area (Å²) < 4.78 is 31.3. The van der Waals surface area contributed by atoms with Gasteiger partial charge in [-0.2, -0.15) is 5.10 Å². The van der Waals surface area contributed by atoms with Gasteiger partial charge in [-0.05, 0) is 55.0 Å². The van der Waals surface area contributed by atoms with Gasteiger partial charge in [0.1, 0.15) is 23.9 Å². The van der Waals surface area contributed by atoms with Crippen molar-refractivity contribution in [2.75, 3.05) is 13.2 Å². The molecule has 4 aromatic carbocycles. The van der Waals surface area contributed by atoms with Crippen LogP contribution in [0.15, 0.2) is 101 Å². The molecule has 1 aliphatic rings. The van der Waals surface area contributed by atoms with Crippen LogP contribution in [0, 0.1) is 5.82 Å². The van der Waals surface area contributed by atoms with E-state index in [0.717, 1.165) is 10.8 Å². The van der Waals surface area contributed by atoms with Crippen molar-refractivity contribution in [2.24, 2.45) is 5.10 Å². The minimum Gasteiger partial charge on any atom is -0.488 e. The number of ether oxygens (including phenoxy) is 3. The average molecular weight is 627 g/mol. The molecule has 230 valence electrons. The number of nitrogens with zero attached hydrogens (tertiary/aromatic N) is 1. The van der Waals surface area contributed by atoms with Crippen molar-refractivity contribution in [1.82, 2.24) is 16.1 Å². The summed E-state index contributed by atoms with van der Waals surface area (Å²) in [6, 6.07) is 24.2. The lowest BCUT2D eigenvalue weighted by Crippen LogP contribution is -2.45. The maximum absolute atomic E-state index is 14.2. The Labute approximate surface area is 265 Å². The number of hydrazone groups is 1. The number of thiocarbonyl (C=S) groups is 1. The fourth-order valence-electron chi connectivity index (χ4n) is 4.91. The molecule has 0 radical (unpaired) electrons. The van der Waals surface area contributed by atoms with E-state index in [9.17, 15) is 14.0 Å². The molecular formula is C34H31FN4O5S. The van der Waals surface area contributed by atoms with Gasteiger partial charge in [-0.3, -0.25) is 4.79 Å². The van der Waals surface area contributed by atoms with Crippen LogP contribution in [0.25, 0.3) is 10.8 Å². The predicted octanol–water partition coefficient (Wildman–Crippen LogP) is 5.44. The van der Waals surface area contributed by atoms with Crippen LogP contribution in [-0.2, 0) is 20.9 Å². The van der Waals surface area contributed by atoms with Gasteiger partial charge < -0.3 is 24.8 Å². The zero-order chi connectivity index (χ0) is 31.8. The highest BCUT2D eigenvalue weighted by molar-refractivity contribution is 7.80. The van der Waals surface area contributed by atoms with E-state index in [1.165, 1.54) is 12.3 Å². The second-order valence-electron chi connectivity index (χ2n) is 9.99. The second kappa shape index (κ2) is 14.5. The maximum atomic E-state index is 14.2. The molecule has 1 heterocycles. The van der Waals surface area contributed by atoms with Crippen molar-refractivity contribution in [3.8, 4) is 11.5 Å². The Bertz CT molecular complexity index is 1810. The van der Waals surface area contributed by atoms with Crippen LogP contribution in [0.3, 0.4) is 0 Å². The van der Waals surface area contributed by atoms with E-state index in [4.69, 9.17) is 26.4 Å². The number of fused-ring (bicyclic) bond motifs is 1. The number of carbonyl (C=O) groups is 2. The average Bonchev–Trinajstić information content (AvgIpc) is 3.03. The molecule has 45 heavy (non-hydrogen) atoms. The molecule has 9 nitrogen and oxygen atoms in total. The lowest BCUT2D eigenvalue weighted by Gasteiger charge is -2.30. The number of allylic oxidation sites excluding steroid dienone is 1. The third-order valence-corrected chi connectivity index (χ3v) is 7.23. The van der Waals surface area contributed by atoms with Crippen molar-refractivity contribution >= 4 is 46.2 Å². The normalized spacial score (nSPS) is 14.6. The fourth-order valence-corrected chi connectivity index (χ4v) is 5.18.